The van der Waals surface area contributed by atoms with E-state index in [1.54, 1.807) is 23.1 Å². The lowest BCUT2D eigenvalue weighted by Gasteiger charge is -2.17. The van der Waals surface area contributed by atoms with E-state index in [4.69, 9.17) is 0 Å². The van der Waals surface area contributed by atoms with Crippen molar-refractivity contribution in [1.82, 2.24) is 4.72 Å². The number of benzene rings is 2. The minimum atomic E-state index is -3.72. The maximum Gasteiger partial charge on any atom is 0.245 e. The van der Waals surface area contributed by atoms with Crippen LogP contribution in [0.25, 0.3) is 0 Å². The average molecular weight is 344 g/mol. The number of hydrogen-bond acceptors (Lipinski definition) is 3. The lowest BCUT2D eigenvalue weighted by atomic mass is 10.1. The van der Waals surface area contributed by atoms with Crippen LogP contribution in [0.15, 0.2) is 53.4 Å². The van der Waals surface area contributed by atoms with Crippen molar-refractivity contribution < 1.29 is 13.2 Å². The number of hydrogen-bond donors (Lipinski definition) is 1. The first-order valence-electron chi connectivity index (χ1n) is 7.84. The molecular formula is C18H20N2O3S. The van der Waals surface area contributed by atoms with Crippen LogP contribution in [-0.4, -0.2) is 26.9 Å². The number of carbonyl (C=O) groups excluding carboxylic acids is 1. The van der Waals surface area contributed by atoms with Gasteiger partial charge in [0.25, 0.3) is 0 Å². The molecule has 0 saturated carbocycles. The molecule has 1 unspecified atom stereocenters. The number of nitrogens with zero attached hydrogens (tertiary/aromatic N) is 1. The lowest BCUT2D eigenvalue weighted by molar-refractivity contribution is -0.118. The van der Waals surface area contributed by atoms with Crippen molar-refractivity contribution >= 4 is 21.6 Å². The van der Waals surface area contributed by atoms with Crippen LogP contribution in [0.5, 0.6) is 0 Å². The Kier molecular flexibility index (Phi) is 4.43. The van der Waals surface area contributed by atoms with E-state index in [2.05, 4.69) is 4.72 Å². The van der Waals surface area contributed by atoms with Crippen molar-refractivity contribution in [1.29, 1.82) is 0 Å². The topological polar surface area (TPSA) is 66.5 Å². The van der Waals surface area contributed by atoms with Crippen molar-refractivity contribution in [2.75, 3.05) is 11.4 Å². The Balaban J connectivity index is 1.78. The number of aryl methyl sites for hydroxylation is 2. The van der Waals surface area contributed by atoms with E-state index < -0.39 is 16.1 Å². The van der Waals surface area contributed by atoms with Crippen molar-refractivity contribution in [3.05, 3.63) is 59.7 Å². The molecule has 1 N–H and O–H groups in total. The molecule has 1 heterocycles. The monoisotopic (exact) mass is 344 g/mol. The van der Waals surface area contributed by atoms with E-state index in [9.17, 15) is 13.2 Å². The third-order valence-corrected chi connectivity index (χ3v) is 5.83. The number of anilines is 1. The largest absolute Gasteiger partial charge is 0.311 e. The Morgan fingerprint density at radius 3 is 2.42 bits per heavy atom. The van der Waals surface area contributed by atoms with Crippen LogP contribution in [0, 0.1) is 13.8 Å². The predicted molar refractivity (Wildman–Crippen MR) is 93.4 cm³/mol. The molecule has 1 aliphatic heterocycles. The summed E-state index contributed by atoms with van der Waals surface area (Å²) in [5.74, 6) is -0.214. The Morgan fingerprint density at radius 1 is 1.04 bits per heavy atom. The SMILES string of the molecule is Cc1ccc(S(=O)(=O)NC2CCN(c3ccccc3)C2=O)cc1C. The van der Waals surface area contributed by atoms with Gasteiger partial charge in [0.15, 0.2) is 0 Å². The van der Waals surface area contributed by atoms with Gasteiger partial charge in [-0.1, -0.05) is 24.3 Å². The van der Waals surface area contributed by atoms with Gasteiger partial charge in [0.1, 0.15) is 6.04 Å². The lowest BCUT2D eigenvalue weighted by Crippen LogP contribution is -2.41. The number of para-hydroxylation sites is 1. The molecule has 0 radical (unpaired) electrons. The van der Waals surface area contributed by atoms with E-state index in [1.807, 2.05) is 44.2 Å². The number of rotatable bonds is 4. The van der Waals surface area contributed by atoms with E-state index in [1.165, 1.54) is 0 Å². The minimum absolute atomic E-state index is 0.191. The molecule has 0 aliphatic carbocycles. The normalized spacial score (nSPS) is 18.2. The van der Waals surface area contributed by atoms with Gasteiger partial charge in [-0.3, -0.25) is 4.79 Å². The van der Waals surface area contributed by atoms with Crippen molar-refractivity contribution in [3.63, 3.8) is 0 Å². The second-order valence-corrected chi connectivity index (χ2v) is 7.75. The fraction of sp³-hybridized carbons (Fsp3) is 0.278. The summed E-state index contributed by atoms with van der Waals surface area (Å²) in [5.41, 5.74) is 2.72. The average Bonchev–Trinajstić information content (AvgIpc) is 2.91. The molecule has 1 atom stereocenters. The third-order valence-electron chi connectivity index (χ3n) is 4.36. The van der Waals surface area contributed by atoms with Crippen LogP contribution in [-0.2, 0) is 14.8 Å². The van der Waals surface area contributed by atoms with Gasteiger partial charge in [0.05, 0.1) is 4.90 Å². The molecule has 1 amide bonds. The first kappa shape index (κ1) is 16.7. The fourth-order valence-corrected chi connectivity index (χ4v) is 4.10. The van der Waals surface area contributed by atoms with E-state index >= 15 is 0 Å². The van der Waals surface area contributed by atoms with Gasteiger partial charge in [0.2, 0.25) is 15.9 Å². The van der Waals surface area contributed by atoms with Gasteiger partial charge in [0, 0.05) is 12.2 Å². The molecule has 5 nitrogen and oxygen atoms in total. The maximum atomic E-state index is 12.6. The molecule has 6 heteroatoms. The van der Waals surface area contributed by atoms with Crippen molar-refractivity contribution in [2.24, 2.45) is 0 Å². The molecule has 1 aliphatic rings. The standard InChI is InChI=1S/C18H20N2O3S/c1-13-8-9-16(12-14(13)2)24(22,23)19-17-10-11-20(18(17)21)15-6-4-3-5-7-15/h3-9,12,17,19H,10-11H2,1-2H3. The summed E-state index contributed by atoms with van der Waals surface area (Å²) < 4.78 is 27.7. The Bertz CT molecular complexity index is 863. The summed E-state index contributed by atoms with van der Waals surface area (Å²) >= 11 is 0. The zero-order valence-corrected chi connectivity index (χ0v) is 14.5. The smallest absolute Gasteiger partial charge is 0.245 e. The molecule has 24 heavy (non-hydrogen) atoms. The summed E-state index contributed by atoms with van der Waals surface area (Å²) in [7, 11) is -3.72. The molecule has 0 spiro atoms. The highest BCUT2D eigenvalue weighted by Gasteiger charge is 2.35. The molecule has 2 aromatic carbocycles. The van der Waals surface area contributed by atoms with Gasteiger partial charge >= 0.3 is 0 Å². The highest BCUT2D eigenvalue weighted by Crippen LogP contribution is 2.23. The van der Waals surface area contributed by atoms with Crippen LogP contribution in [0.4, 0.5) is 5.69 Å². The molecule has 0 aromatic heterocycles. The molecule has 126 valence electrons. The van der Waals surface area contributed by atoms with Crippen LogP contribution >= 0.6 is 0 Å². The molecule has 3 rings (SSSR count). The Labute approximate surface area is 142 Å². The summed E-state index contributed by atoms with van der Waals surface area (Å²) in [5, 5.41) is 0. The molecule has 1 fully saturated rings. The predicted octanol–water partition coefficient (Wildman–Crippen LogP) is 2.39. The first-order valence-corrected chi connectivity index (χ1v) is 9.33. The first-order chi connectivity index (χ1) is 11.4. The number of sulfonamides is 1. The number of carbonyl (C=O) groups is 1. The third kappa shape index (κ3) is 3.20. The molecule has 1 saturated heterocycles. The molecular weight excluding hydrogens is 324 g/mol. The summed E-state index contributed by atoms with van der Waals surface area (Å²) in [4.78, 5) is 14.3. The highest BCUT2D eigenvalue weighted by molar-refractivity contribution is 7.89. The van der Waals surface area contributed by atoms with E-state index in [0.29, 0.717) is 13.0 Å². The number of amides is 1. The van der Waals surface area contributed by atoms with Gasteiger partial charge in [-0.05, 0) is 55.7 Å². The van der Waals surface area contributed by atoms with Crippen LogP contribution in [0.2, 0.25) is 0 Å². The Morgan fingerprint density at radius 2 is 1.75 bits per heavy atom. The van der Waals surface area contributed by atoms with Crippen molar-refractivity contribution in [2.45, 2.75) is 31.2 Å². The van der Waals surface area contributed by atoms with Crippen LogP contribution in [0.3, 0.4) is 0 Å². The van der Waals surface area contributed by atoms with E-state index in [-0.39, 0.29) is 10.8 Å². The second-order valence-electron chi connectivity index (χ2n) is 6.03. The highest BCUT2D eigenvalue weighted by atomic mass is 32.2. The Hall–Kier alpha value is -2.18. The zero-order valence-electron chi connectivity index (χ0n) is 13.7. The molecule has 2 aromatic rings. The van der Waals surface area contributed by atoms with Crippen LogP contribution < -0.4 is 9.62 Å². The van der Waals surface area contributed by atoms with Gasteiger partial charge in [-0.25, -0.2) is 8.42 Å². The zero-order chi connectivity index (χ0) is 17.3. The minimum Gasteiger partial charge on any atom is -0.311 e. The van der Waals surface area contributed by atoms with Crippen LogP contribution in [0.1, 0.15) is 17.5 Å². The summed E-state index contributed by atoms with van der Waals surface area (Å²) in [6.07, 6.45) is 0.456. The second kappa shape index (κ2) is 6.37. The summed E-state index contributed by atoms with van der Waals surface area (Å²) in [6, 6.07) is 13.5. The quantitative estimate of drug-likeness (QED) is 0.926. The maximum absolute atomic E-state index is 12.6. The van der Waals surface area contributed by atoms with Gasteiger partial charge < -0.3 is 4.90 Å². The summed E-state index contributed by atoms with van der Waals surface area (Å²) in [6.45, 7) is 4.30. The van der Waals surface area contributed by atoms with Gasteiger partial charge in [-0.15, -0.1) is 0 Å². The van der Waals surface area contributed by atoms with Crippen molar-refractivity contribution in [3.8, 4) is 0 Å². The molecule has 0 bridgehead atoms. The number of nitrogens with one attached hydrogen (secondary N) is 1. The fourth-order valence-electron chi connectivity index (χ4n) is 2.79. The van der Waals surface area contributed by atoms with Gasteiger partial charge in [-0.2, -0.15) is 4.72 Å². The van der Waals surface area contributed by atoms with E-state index in [0.717, 1.165) is 16.8 Å².